The molecule has 0 saturated carbocycles. The number of benzene rings is 1. The van der Waals surface area contributed by atoms with Gasteiger partial charge in [-0.15, -0.1) is 0 Å². The molecule has 2 heterocycles. The molecule has 102 valence electrons. The van der Waals surface area contributed by atoms with E-state index < -0.39 is 0 Å². The van der Waals surface area contributed by atoms with E-state index in [1.54, 1.807) is 10.9 Å². The van der Waals surface area contributed by atoms with Gasteiger partial charge in [-0.3, -0.25) is 0 Å². The van der Waals surface area contributed by atoms with E-state index in [0.717, 1.165) is 22.7 Å². The summed E-state index contributed by atoms with van der Waals surface area (Å²) in [5.74, 6) is 0.779. The van der Waals surface area contributed by atoms with Gasteiger partial charge in [-0.2, -0.15) is 5.10 Å². The van der Waals surface area contributed by atoms with E-state index in [1.165, 1.54) is 0 Å². The van der Waals surface area contributed by atoms with Gasteiger partial charge in [-0.05, 0) is 18.6 Å². The van der Waals surface area contributed by atoms with Crippen molar-refractivity contribution in [3.05, 3.63) is 54.6 Å². The molecule has 2 aromatic heterocycles. The van der Waals surface area contributed by atoms with Crippen molar-refractivity contribution in [2.24, 2.45) is 0 Å². The molecule has 0 aliphatic carbocycles. The van der Waals surface area contributed by atoms with Gasteiger partial charge in [-0.1, -0.05) is 23.4 Å². The summed E-state index contributed by atoms with van der Waals surface area (Å²) in [6.07, 6.45) is 5.05. The number of aromatic nitrogens is 3. The van der Waals surface area contributed by atoms with Gasteiger partial charge in [0, 0.05) is 30.9 Å². The van der Waals surface area contributed by atoms with E-state index in [9.17, 15) is 0 Å². The van der Waals surface area contributed by atoms with Crippen molar-refractivity contribution in [1.29, 1.82) is 0 Å². The summed E-state index contributed by atoms with van der Waals surface area (Å²) in [7, 11) is 0. The highest BCUT2D eigenvalue weighted by atomic mass is 16.5. The van der Waals surface area contributed by atoms with Crippen molar-refractivity contribution in [3.8, 4) is 16.9 Å². The molecule has 5 nitrogen and oxygen atoms in total. The highest BCUT2D eigenvalue weighted by Gasteiger charge is 2.09. The fourth-order valence-electron chi connectivity index (χ4n) is 2.00. The average Bonchev–Trinajstić information content (AvgIpc) is 3.15. The molecule has 5 heteroatoms. The summed E-state index contributed by atoms with van der Waals surface area (Å²) >= 11 is 0. The monoisotopic (exact) mass is 269 g/mol. The highest BCUT2D eigenvalue weighted by Crippen LogP contribution is 2.20. The number of hydrogen-bond donors (Lipinski definition) is 1. The maximum atomic E-state index is 8.81. The lowest BCUT2D eigenvalue weighted by Gasteiger charge is -1.98. The van der Waals surface area contributed by atoms with Gasteiger partial charge in [0.15, 0.2) is 0 Å². The fraction of sp³-hybridized carbons (Fsp3) is 0.200. The molecule has 20 heavy (non-hydrogen) atoms. The number of aryl methyl sites for hydroxylation is 1. The number of aliphatic hydroxyl groups is 1. The van der Waals surface area contributed by atoms with Crippen LogP contribution < -0.4 is 0 Å². The van der Waals surface area contributed by atoms with E-state index >= 15 is 0 Å². The van der Waals surface area contributed by atoms with E-state index in [1.807, 2.05) is 42.6 Å². The maximum Gasteiger partial charge on any atom is 0.137 e. The minimum absolute atomic E-state index is 0.155. The van der Waals surface area contributed by atoms with Crippen molar-refractivity contribution in [2.45, 2.75) is 12.8 Å². The molecule has 0 amide bonds. The molecule has 1 aromatic carbocycles. The van der Waals surface area contributed by atoms with Crippen LogP contribution >= 0.6 is 0 Å². The summed E-state index contributed by atoms with van der Waals surface area (Å²) in [6.45, 7) is 0.155. The largest absolute Gasteiger partial charge is 0.396 e. The van der Waals surface area contributed by atoms with Crippen molar-refractivity contribution < 1.29 is 9.63 Å². The summed E-state index contributed by atoms with van der Waals surface area (Å²) < 4.78 is 7.04. The molecule has 0 saturated heterocycles. The topological polar surface area (TPSA) is 64.1 Å². The predicted molar refractivity (Wildman–Crippen MR) is 74.5 cm³/mol. The second-order valence-corrected chi connectivity index (χ2v) is 4.51. The molecule has 0 bridgehead atoms. The minimum atomic E-state index is 0.155. The van der Waals surface area contributed by atoms with Crippen LogP contribution in [0.1, 0.15) is 12.2 Å². The molecule has 0 radical (unpaired) electrons. The zero-order valence-electron chi connectivity index (χ0n) is 10.9. The second-order valence-electron chi connectivity index (χ2n) is 4.51. The first-order valence-electron chi connectivity index (χ1n) is 6.54. The summed E-state index contributed by atoms with van der Waals surface area (Å²) in [6, 6.07) is 11.8. The van der Waals surface area contributed by atoms with Gasteiger partial charge < -0.3 is 9.63 Å². The van der Waals surface area contributed by atoms with Crippen molar-refractivity contribution in [3.63, 3.8) is 0 Å². The Kier molecular flexibility index (Phi) is 3.60. The van der Waals surface area contributed by atoms with E-state index in [0.29, 0.717) is 12.8 Å². The lowest BCUT2D eigenvalue weighted by Crippen LogP contribution is -1.92. The molecular formula is C15H15N3O2. The number of aliphatic hydroxyl groups excluding tert-OH is 1. The Hall–Kier alpha value is -2.40. The van der Waals surface area contributed by atoms with Gasteiger partial charge in [0.2, 0.25) is 0 Å². The van der Waals surface area contributed by atoms with Crippen LogP contribution in [-0.4, -0.2) is 26.7 Å². The summed E-state index contributed by atoms with van der Waals surface area (Å²) in [5, 5.41) is 17.2. The number of para-hydroxylation sites is 1. The standard InChI is InChI=1S/C15H15N3O2/c19-8-4-7-14-9-15(17-20-14)12-10-16-18(11-12)13-5-2-1-3-6-13/h1-3,5-6,9-11,19H,4,7-8H2. The van der Waals surface area contributed by atoms with E-state index in [4.69, 9.17) is 9.63 Å². The third kappa shape index (κ3) is 2.62. The lowest BCUT2D eigenvalue weighted by molar-refractivity contribution is 0.280. The van der Waals surface area contributed by atoms with E-state index in [2.05, 4.69) is 10.3 Å². The van der Waals surface area contributed by atoms with Gasteiger partial charge >= 0.3 is 0 Å². The average molecular weight is 269 g/mol. The van der Waals surface area contributed by atoms with Crippen LogP contribution in [0, 0.1) is 0 Å². The third-order valence-electron chi connectivity index (χ3n) is 3.04. The van der Waals surface area contributed by atoms with Crippen LogP contribution in [-0.2, 0) is 6.42 Å². The third-order valence-corrected chi connectivity index (χ3v) is 3.04. The molecule has 0 unspecified atom stereocenters. The van der Waals surface area contributed by atoms with Gasteiger partial charge in [-0.25, -0.2) is 4.68 Å². The molecule has 0 aliphatic heterocycles. The molecule has 1 N–H and O–H groups in total. The van der Waals surface area contributed by atoms with Gasteiger partial charge in [0.25, 0.3) is 0 Å². The Morgan fingerprint density at radius 1 is 1.20 bits per heavy atom. The van der Waals surface area contributed by atoms with Crippen LogP contribution in [0.25, 0.3) is 16.9 Å². The molecule has 0 aliphatic rings. The molecule has 0 spiro atoms. The quantitative estimate of drug-likeness (QED) is 0.772. The highest BCUT2D eigenvalue weighted by molar-refractivity contribution is 5.57. The fourth-order valence-corrected chi connectivity index (χ4v) is 2.00. The Balaban J connectivity index is 1.81. The second kappa shape index (κ2) is 5.71. The van der Waals surface area contributed by atoms with Crippen molar-refractivity contribution >= 4 is 0 Å². The predicted octanol–water partition coefficient (Wildman–Crippen LogP) is 2.45. The number of nitrogens with zero attached hydrogens (tertiary/aromatic N) is 3. The minimum Gasteiger partial charge on any atom is -0.396 e. The van der Waals surface area contributed by atoms with Gasteiger partial charge in [0.1, 0.15) is 11.5 Å². The Bertz CT molecular complexity index is 673. The molecular weight excluding hydrogens is 254 g/mol. The molecule has 0 fully saturated rings. The van der Waals surface area contributed by atoms with Crippen LogP contribution in [0.5, 0.6) is 0 Å². The maximum absolute atomic E-state index is 8.81. The molecule has 3 aromatic rings. The normalized spacial score (nSPS) is 10.8. The first kappa shape index (κ1) is 12.6. The number of hydrogen-bond acceptors (Lipinski definition) is 4. The number of rotatable bonds is 5. The van der Waals surface area contributed by atoms with Crippen LogP contribution in [0.4, 0.5) is 0 Å². The molecule has 0 atom stereocenters. The van der Waals surface area contributed by atoms with E-state index in [-0.39, 0.29) is 6.61 Å². The zero-order valence-corrected chi connectivity index (χ0v) is 10.9. The smallest absolute Gasteiger partial charge is 0.137 e. The summed E-state index contributed by atoms with van der Waals surface area (Å²) in [4.78, 5) is 0. The Labute approximate surface area is 116 Å². The van der Waals surface area contributed by atoms with Gasteiger partial charge in [0.05, 0.1) is 11.9 Å². The molecule has 3 rings (SSSR count). The SMILES string of the molecule is OCCCc1cc(-c2cnn(-c3ccccc3)c2)no1. The first-order valence-corrected chi connectivity index (χ1v) is 6.54. The lowest BCUT2D eigenvalue weighted by atomic mass is 10.2. The van der Waals surface area contributed by atoms with Crippen molar-refractivity contribution in [1.82, 2.24) is 14.9 Å². The van der Waals surface area contributed by atoms with Crippen LogP contribution in [0.15, 0.2) is 53.3 Å². The van der Waals surface area contributed by atoms with Crippen LogP contribution in [0.3, 0.4) is 0 Å². The van der Waals surface area contributed by atoms with Crippen molar-refractivity contribution in [2.75, 3.05) is 6.61 Å². The summed E-state index contributed by atoms with van der Waals surface area (Å²) in [5.41, 5.74) is 2.68. The zero-order chi connectivity index (χ0) is 13.8. The van der Waals surface area contributed by atoms with Crippen LogP contribution in [0.2, 0.25) is 0 Å². The first-order chi connectivity index (χ1) is 9.86. The Morgan fingerprint density at radius 3 is 2.85 bits per heavy atom. The Morgan fingerprint density at radius 2 is 2.05 bits per heavy atom.